The Morgan fingerprint density at radius 1 is 1.48 bits per heavy atom. The van der Waals surface area contributed by atoms with Crippen LogP contribution in [0.2, 0.25) is 0 Å². The number of benzene rings is 1. The van der Waals surface area contributed by atoms with Crippen LogP contribution in [0.5, 0.6) is 0 Å². The van der Waals surface area contributed by atoms with E-state index in [1.165, 1.54) is 13.0 Å². The van der Waals surface area contributed by atoms with Gasteiger partial charge in [-0.25, -0.2) is 4.39 Å². The van der Waals surface area contributed by atoms with E-state index < -0.39 is 6.10 Å². The van der Waals surface area contributed by atoms with Crippen molar-refractivity contribution in [1.82, 2.24) is 4.90 Å². The summed E-state index contributed by atoms with van der Waals surface area (Å²) in [4.78, 5) is 15.9. The lowest BCUT2D eigenvalue weighted by atomic mass is 10.0. The third-order valence-electron chi connectivity index (χ3n) is 3.93. The average Bonchev–Trinajstić information content (AvgIpc) is 2.71. The minimum absolute atomic E-state index is 0.123. The predicted octanol–water partition coefficient (Wildman–Crippen LogP) is 1.84. The van der Waals surface area contributed by atoms with Crippen molar-refractivity contribution >= 4 is 11.5 Å². The minimum Gasteiger partial charge on any atom is -0.391 e. The van der Waals surface area contributed by atoms with E-state index in [9.17, 15) is 14.3 Å². The van der Waals surface area contributed by atoms with Gasteiger partial charge < -0.3 is 14.9 Å². The van der Waals surface area contributed by atoms with E-state index in [4.69, 9.17) is 0 Å². The predicted molar refractivity (Wildman–Crippen MR) is 81.5 cm³/mol. The lowest BCUT2D eigenvalue weighted by Gasteiger charge is -2.30. The number of carbonyl (C=O) groups is 1. The molecule has 116 valence electrons. The maximum Gasteiger partial charge on any atom is 0.161 e. The quantitative estimate of drug-likeness (QED) is 0.861. The third-order valence-corrected chi connectivity index (χ3v) is 3.93. The molecule has 0 amide bonds. The number of rotatable bonds is 4. The molecule has 1 aliphatic rings. The second-order valence-corrected chi connectivity index (χ2v) is 6.13. The number of β-amino-alcohol motifs (C(OH)–C–C–N with tert-alkyl or cyclic N) is 1. The standard InChI is InChI=1S/C16H23FN2O2/c1-10-5-16(14(11(2)20)7-15(10)17)19-9-13(21)6-12(19)8-18(3)4/h5,7,12-13,21H,6,8-9H2,1-4H3. The molecule has 4 nitrogen and oxygen atoms in total. The number of halogens is 1. The summed E-state index contributed by atoms with van der Waals surface area (Å²) in [5.41, 5.74) is 1.63. The molecule has 1 aliphatic heterocycles. The molecule has 0 saturated carbocycles. The van der Waals surface area contributed by atoms with E-state index in [1.54, 1.807) is 13.0 Å². The van der Waals surface area contributed by atoms with Gasteiger partial charge in [-0.05, 0) is 52.1 Å². The van der Waals surface area contributed by atoms with E-state index in [2.05, 4.69) is 4.90 Å². The fourth-order valence-electron chi connectivity index (χ4n) is 2.97. The monoisotopic (exact) mass is 294 g/mol. The SMILES string of the molecule is CC(=O)c1cc(F)c(C)cc1N1CC(O)CC1CN(C)C. The van der Waals surface area contributed by atoms with E-state index >= 15 is 0 Å². The number of hydrogen-bond donors (Lipinski definition) is 1. The Hall–Kier alpha value is -1.46. The molecule has 21 heavy (non-hydrogen) atoms. The number of aryl methyl sites for hydroxylation is 1. The number of aliphatic hydroxyl groups excluding tert-OH is 1. The summed E-state index contributed by atoms with van der Waals surface area (Å²) >= 11 is 0. The van der Waals surface area contributed by atoms with Gasteiger partial charge in [-0.1, -0.05) is 0 Å². The lowest BCUT2D eigenvalue weighted by Crippen LogP contribution is -2.38. The van der Waals surface area contributed by atoms with Gasteiger partial charge >= 0.3 is 0 Å². The molecule has 1 saturated heterocycles. The van der Waals surface area contributed by atoms with Gasteiger partial charge in [0.15, 0.2) is 5.78 Å². The zero-order valence-corrected chi connectivity index (χ0v) is 13.1. The number of nitrogens with zero attached hydrogens (tertiary/aromatic N) is 2. The molecule has 5 heteroatoms. The van der Waals surface area contributed by atoms with E-state index in [0.717, 1.165) is 12.2 Å². The van der Waals surface area contributed by atoms with Crippen LogP contribution in [-0.2, 0) is 0 Å². The minimum atomic E-state index is -0.417. The number of anilines is 1. The van der Waals surface area contributed by atoms with Gasteiger partial charge in [0.25, 0.3) is 0 Å². The first-order chi connectivity index (χ1) is 9.79. The van der Waals surface area contributed by atoms with Crippen LogP contribution < -0.4 is 4.90 Å². The zero-order chi connectivity index (χ0) is 15.7. The largest absolute Gasteiger partial charge is 0.391 e. The number of Topliss-reactive ketones (excluding diaryl/α,β-unsaturated/α-hetero) is 1. The highest BCUT2D eigenvalue weighted by Crippen LogP contribution is 2.31. The maximum absolute atomic E-state index is 13.8. The van der Waals surface area contributed by atoms with Gasteiger partial charge in [-0.2, -0.15) is 0 Å². The molecule has 0 aromatic heterocycles. The first kappa shape index (κ1) is 15.9. The van der Waals surface area contributed by atoms with Crippen LogP contribution >= 0.6 is 0 Å². The van der Waals surface area contributed by atoms with E-state index in [1.807, 2.05) is 19.0 Å². The van der Waals surface area contributed by atoms with Gasteiger partial charge in [0, 0.05) is 30.4 Å². The number of carbonyl (C=O) groups excluding carboxylic acids is 1. The summed E-state index contributed by atoms with van der Waals surface area (Å²) in [6.45, 7) is 4.39. The summed E-state index contributed by atoms with van der Waals surface area (Å²) < 4.78 is 13.8. The number of ketones is 1. The van der Waals surface area contributed by atoms with Crippen LogP contribution in [0.4, 0.5) is 10.1 Å². The van der Waals surface area contributed by atoms with Crippen LogP contribution in [0.1, 0.15) is 29.3 Å². The second kappa shape index (κ2) is 6.12. The Labute approximate surface area is 125 Å². The Bertz CT molecular complexity index is 545. The molecule has 2 unspecified atom stereocenters. The molecule has 2 atom stereocenters. The highest BCUT2D eigenvalue weighted by atomic mass is 19.1. The van der Waals surface area contributed by atoms with Crippen LogP contribution in [0, 0.1) is 12.7 Å². The fraction of sp³-hybridized carbons (Fsp3) is 0.562. The van der Waals surface area contributed by atoms with Crippen molar-refractivity contribution in [1.29, 1.82) is 0 Å². The van der Waals surface area contributed by atoms with Gasteiger partial charge in [-0.15, -0.1) is 0 Å². The van der Waals surface area contributed by atoms with Gasteiger partial charge in [0.2, 0.25) is 0 Å². The molecule has 2 rings (SSSR count). The van der Waals surface area contributed by atoms with Crippen molar-refractivity contribution < 1.29 is 14.3 Å². The van der Waals surface area contributed by atoms with Gasteiger partial charge in [0.05, 0.1) is 6.10 Å². The Morgan fingerprint density at radius 3 is 2.71 bits per heavy atom. The van der Waals surface area contributed by atoms with Crippen LogP contribution in [0.25, 0.3) is 0 Å². The summed E-state index contributed by atoms with van der Waals surface area (Å²) in [7, 11) is 3.95. The summed E-state index contributed by atoms with van der Waals surface area (Å²) in [6.07, 6.45) is 0.242. The number of likely N-dealkylation sites (N-methyl/N-ethyl adjacent to an activating group) is 1. The smallest absolute Gasteiger partial charge is 0.161 e. The highest BCUT2D eigenvalue weighted by Gasteiger charge is 2.33. The zero-order valence-electron chi connectivity index (χ0n) is 13.1. The molecular weight excluding hydrogens is 271 g/mol. The van der Waals surface area contributed by atoms with Crippen LogP contribution in [0.3, 0.4) is 0 Å². The second-order valence-electron chi connectivity index (χ2n) is 6.13. The van der Waals surface area contributed by atoms with Crippen molar-refractivity contribution in [3.05, 3.63) is 29.1 Å². The van der Waals surface area contributed by atoms with Crippen molar-refractivity contribution in [3.8, 4) is 0 Å². The first-order valence-corrected chi connectivity index (χ1v) is 7.20. The van der Waals surface area contributed by atoms with E-state index in [0.29, 0.717) is 24.1 Å². The van der Waals surface area contributed by atoms with Crippen LogP contribution in [0.15, 0.2) is 12.1 Å². The van der Waals surface area contributed by atoms with Crippen molar-refractivity contribution in [2.45, 2.75) is 32.4 Å². The fourth-order valence-corrected chi connectivity index (χ4v) is 2.97. The maximum atomic E-state index is 13.8. The lowest BCUT2D eigenvalue weighted by molar-refractivity contribution is 0.101. The van der Waals surface area contributed by atoms with Gasteiger partial charge in [0.1, 0.15) is 5.82 Å². The normalized spacial score (nSPS) is 22.1. The molecule has 0 bridgehead atoms. The topological polar surface area (TPSA) is 43.8 Å². The molecule has 1 heterocycles. The molecule has 1 fully saturated rings. The van der Waals surface area contributed by atoms with Crippen molar-refractivity contribution in [2.75, 3.05) is 32.1 Å². The number of aliphatic hydroxyl groups is 1. The van der Waals surface area contributed by atoms with Crippen molar-refractivity contribution in [2.24, 2.45) is 0 Å². The first-order valence-electron chi connectivity index (χ1n) is 7.20. The molecule has 0 aliphatic carbocycles. The third kappa shape index (κ3) is 3.41. The summed E-state index contributed by atoms with van der Waals surface area (Å²) in [5, 5.41) is 9.98. The Kier molecular flexibility index (Phi) is 4.64. The summed E-state index contributed by atoms with van der Waals surface area (Å²) in [5.74, 6) is -0.526. The molecule has 1 N–H and O–H groups in total. The molecule has 1 aromatic rings. The highest BCUT2D eigenvalue weighted by molar-refractivity contribution is 6.00. The summed E-state index contributed by atoms with van der Waals surface area (Å²) in [6, 6.07) is 3.15. The average molecular weight is 294 g/mol. The molecule has 0 spiro atoms. The molecule has 1 aromatic carbocycles. The molecule has 0 radical (unpaired) electrons. The molecular formula is C16H23FN2O2. The van der Waals surface area contributed by atoms with Crippen LogP contribution in [-0.4, -0.2) is 55.1 Å². The van der Waals surface area contributed by atoms with Crippen molar-refractivity contribution in [3.63, 3.8) is 0 Å². The van der Waals surface area contributed by atoms with Gasteiger partial charge in [-0.3, -0.25) is 4.79 Å². The number of hydrogen-bond acceptors (Lipinski definition) is 4. The Morgan fingerprint density at radius 2 is 2.14 bits per heavy atom. The Balaban J connectivity index is 2.43. The van der Waals surface area contributed by atoms with E-state index in [-0.39, 0.29) is 17.6 Å².